The molecule has 0 saturated heterocycles. The molecular weight excluding hydrogens is 282 g/mol. The zero-order valence-electron chi connectivity index (χ0n) is 13.5. The second-order valence-electron chi connectivity index (χ2n) is 6.20. The summed E-state index contributed by atoms with van der Waals surface area (Å²) in [6.07, 6.45) is 1.58. The zero-order valence-corrected chi connectivity index (χ0v) is 13.5. The Morgan fingerprint density at radius 1 is 1.32 bits per heavy atom. The second-order valence-corrected chi connectivity index (χ2v) is 6.20. The predicted octanol–water partition coefficient (Wildman–Crippen LogP) is 2.25. The fourth-order valence-electron chi connectivity index (χ4n) is 1.72. The first-order valence-corrected chi connectivity index (χ1v) is 7.24. The second kappa shape index (κ2) is 7.96. The number of carbonyl (C=O) groups excluding carboxylic acids is 1. The van der Waals surface area contributed by atoms with Crippen molar-refractivity contribution < 1.29 is 19.7 Å². The van der Waals surface area contributed by atoms with Crippen LogP contribution in [-0.4, -0.2) is 40.7 Å². The Morgan fingerprint density at radius 3 is 2.41 bits per heavy atom. The maximum absolute atomic E-state index is 11.7. The van der Waals surface area contributed by atoms with E-state index in [0.29, 0.717) is 0 Å². The van der Waals surface area contributed by atoms with E-state index in [1.54, 1.807) is 26.8 Å². The lowest BCUT2D eigenvalue weighted by Gasteiger charge is -2.24. The summed E-state index contributed by atoms with van der Waals surface area (Å²) in [7, 11) is 0. The summed E-state index contributed by atoms with van der Waals surface area (Å²) in [5, 5.41) is 21.8. The van der Waals surface area contributed by atoms with Crippen molar-refractivity contribution in [2.24, 2.45) is 0 Å². The zero-order chi connectivity index (χ0) is 16.8. The molecular formula is C17H25NO4. The van der Waals surface area contributed by atoms with Crippen molar-refractivity contribution in [2.45, 2.75) is 45.4 Å². The molecule has 1 aromatic carbocycles. The van der Waals surface area contributed by atoms with Crippen LogP contribution in [0.5, 0.6) is 0 Å². The molecule has 0 aliphatic rings. The minimum absolute atomic E-state index is 0.390. The molecule has 1 rings (SSSR count). The average molecular weight is 307 g/mol. The van der Waals surface area contributed by atoms with E-state index < -0.39 is 30.4 Å². The van der Waals surface area contributed by atoms with Crippen LogP contribution in [0.25, 0.3) is 6.08 Å². The Hall–Kier alpha value is -1.85. The fraction of sp³-hybridized carbons (Fsp3) is 0.471. The predicted molar refractivity (Wildman–Crippen MR) is 86.5 cm³/mol. The molecule has 1 aromatic rings. The van der Waals surface area contributed by atoms with Crippen LogP contribution in [-0.2, 0) is 4.74 Å². The Balaban J connectivity index is 2.62. The monoisotopic (exact) mass is 307 g/mol. The van der Waals surface area contributed by atoms with Crippen molar-refractivity contribution in [3.8, 4) is 0 Å². The smallest absolute Gasteiger partial charge is 0.408 e. The minimum atomic E-state index is -1.01. The number of carbonyl (C=O) groups is 1. The molecule has 0 unspecified atom stereocenters. The highest BCUT2D eigenvalue weighted by Gasteiger charge is 2.22. The van der Waals surface area contributed by atoms with Gasteiger partial charge in [0.15, 0.2) is 0 Å². The number of alkyl carbamates (subject to hydrolysis) is 1. The summed E-state index contributed by atoms with van der Waals surface area (Å²) in [6.45, 7) is 6.84. The third-order valence-corrected chi connectivity index (χ3v) is 2.87. The maximum Gasteiger partial charge on any atom is 0.408 e. The van der Waals surface area contributed by atoms with Gasteiger partial charge in [0.2, 0.25) is 0 Å². The van der Waals surface area contributed by atoms with Gasteiger partial charge in [-0.15, -0.1) is 0 Å². The highest BCUT2D eigenvalue weighted by Crippen LogP contribution is 2.09. The van der Waals surface area contributed by atoms with E-state index in [1.165, 1.54) is 6.08 Å². The van der Waals surface area contributed by atoms with Crippen LogP contribution in [0, 0.1) is 6.92 Å². The molecule has 0 heterocycles. The molecule has 0 saturated carbocycles. The highest BCUT2D eigenvalue weighted by molar-refractivity contribution is 5.68. The third kappa shape index (κ3) is 6.74. The van der Waals surface area contributed by atoms with E-state index in [1.807, 2.05) is 31.2 Å². The number of ether oxygens (including phenoxy) is 1. The summed E-state index contributed by atoms with van der Waals surface area (Å²) in [4.78, 5) is 11.7. The van der Waals surface area contributed by atoms with Crippen LogP contribution in [0.2, 0.25) is 0 Å². The molecule has 0 fully saturated rings. The topological polar surface area (TPSA) is 78.8 Å². The summed E-state index contributed by atoms with van der Waals surface area (Å²) >= 11 is 0. The highest BCUT2D eigenvalue weighted by atomic mass is 16.6. The van der Waals surface area contributed by atoms with Gasteiger partial charge in [0.25, 0.3) is 0 Å². The Morgan fingerprint density at radius 2 is 1.91 bits per heavy atom. The number of aryl methyl sites for hydroxylation is 1. The molecule has 5 nitrogen and oxygen atoms in total. The van der Waals surface area contributed by atoms with Gasteiger partial charge in [0, 0.05) is 0 Å². The summed E-state index contributed by atoms with van der Waals surface area (Å²) in [5.74, 6) is 0. The van der Waals surface area contributed by atoms with Crippen LogP contribution in [0.4, 0.5) is 4.79 Å². The molecule has 0 spiro atoms. The van der Waals surface area contributed by atoms with Gasteiger partial charge in [-0.05, 0) is 33.3 Å². The van der Waals surface area contributed by atoms with Gasteiger partial charge >= 0.3 is 6.09 Å². The van der Waals surface area contributed by atoms with Crippen LogP contribution in [0.3, 0.4) is 0 Å². The lowest BCUT2D eigenvalue weighted by molar-refractivity contribution is 0.0406. The van der Waals surface area contributed by atoms with Gasteiger partial charge in [0.05, 0.1) is 18.8 Å². The largest absolute Gasteiger partial charge is 0.444 e. The molecule has 1 amide bonds. The molecule has 2 atom stereocenters. The number of benzene rings is 1. The maximum atomic E-state index is 11.7. The van der Waals surface area contributed by atoms with Crippen LogP contribution in [0.1, 0.15) is 31.9 Å². The van der Waals surface area contributed by atoms with E-state index in [-0.39, 0.29) is 0 Å². The fourth-order valence-corrected chi connectivity index (χ4v) is 1.72. The van der Waals surface area contributed by atoms with E-state index >= 15 is 0 Å². The Labute approximate surface area is 131 Å². The molecule has 0 aromatic heterocycles. The van der Waals surface area contributed by atoms with Crippen molar-refractivity contribution >= 4 is 12.2 Å². The summed E-state index contributed by atoms with van der Waals surface area (Å²) in [5.41, 5.74) is 1.45. The van der Waals surface area contributed by atoms with Gasteiger partial charge < -0.3 is 20.3 Å². The number of nitrogens with one attached hydrogen (secondary N) is 1. The number of aliphatic hydroxyl groups excluding tert-OH is 2. The van der Waals surface area contributed by atoms with Crippen LogP contribution < -0.4 is 5.32 Å². The van der Waals surface area contributed by atoms with Gasteiger partial charge in [-0.25, -0.2) is 4.79 Å². The first-order valence-electron chi connectivity index (χ1n) is 7.24. The first kappa shape index (κ1) is 18.2. The molecule has 5 heteroatoms. The third-order valence-electron chi connectivity index (χ3n) is 2.87. The molecule has 0 aliphatic carbocycles. The SMILES string of the molecule is Cc1ccc(/C=C/[C@@H](O)[C@H](CO)NC(=O)OC(C)(C)C)cc1. The standard InChI is InChI=1S/C17H25NO4/c1-12-5-7-13(8-6-12)9-10-15(20)14(11-19)18-16(21)22-17(2,3)4/h5-10,14-15,19-20H,11H2,1-4H3,(H,18,21)/b10-9+/t14-,15+/m0/s1. The number of aliphatic hydroxyl groups is 2. The van der Waals surface area contributed by atoms with E-state index in [9.17, 15) is 15.0 Å². The quantitative estimate of drug-likeness (QED) is 0.779. The number of amides is 1. The molecule has 22 heavy (non-hydrogen) atoms. The van der Waals surface area contributed by atoms with Gasteiger partial charge in [-0.2, -0.15) is 0 Å². The van der Waals surface area contributed by atoms with Crippen LogP contribution >= 0.6 is 0 Å². The lowest BCUT2D eigenvalue weighted by atomic mass is 10.1. The normalized spacial score (nSPS) is 14.6. The average Bonchev–Trinajstić information content (AvgIpc) is 2.42. The summed E-state index contributed by atoms with van der Waals surface area (Å²) in [6, 6.07) is 6.96. The number of rotatable bonds is 5. The summed E-state index contributed by atoms with van der Waals surface area (Å²) < 4.78 is 5.10. The van der Waals surface area contributed by atoms with Crippen molar-refractivity contribution in [2.75, 3.05) is 6.61 Å². The molecule has 122 valence electrons. The van der Waals surface area contributed by atoms with Crippen LogP contribution in [0.15, 0.2) is 30.3 Å². The van der Waals surface area contributed by atoms with Gasteiger partial charge in [0.1, 0.15) is 5.60 Å². The van der Waals surface area contributed by atoms with E-state index in [4.69, 9.17) is 4.74 Å². The van der Waals surface area contributed by atoms with Gasteiger partial charge in [-0.1, -0.05) is 42.0 Å². The van der Waals surface area contributed by atoms with Crippen molar-refractivity contribution in [3.05, 3.63) is 41.5 Å². The molecule has 0 aliphatic heterocycles. The van der Waals surface area contributed by atoms with E-state index in [0.717, 1.165) is 11.1 Å². The Bertz CT molecular complexity index is 502. The minimum Gasteiger partial charge on any atom is -0.444 e. The van der Waals surface area contributed by atoms with Gasteiger partial charge in [-0.3, -0.25) is 0 Å². The Kier molecular flexibility index (Phi) is 6.59. The van der Waals surface area contributed by atoms with Crippen molar-refractivity contribution in [3.63, 3.8) is 0 Å². The lowest BCUT2D eigenvalue weighted by Crippen LogP contribution is -2.46. The number of hydrogen-bond donors (Lipinski definition) is 3. The van der Waals surface area contributed by atoms with Crippen molar-refractivity contribution in [1.82, 2.24) is 5.32 Å². The molecule has 0 radical (unpaired) electrons. The van der Waals surface area contributed by atoms with Crippen molar-refractivity contribution in [1.29, 1.82) is 0 Å². The molecule has 3 N–H and O–H groups in total. The first-order chi connectivity index (χ1) is 10.2. The molecule has 0 bridgehead atoms. The van der Waals surface area contributed by atoms with E-state index in [2.05, 4.69) is 5.32 Å². The number of hydrogen-bond acceptors (Lipinski definition) is 4.